The molecule has 0 aromatic carbocycles. The second-order valence-electron chi connectivity index (χ2n) is 5.12. The number of hydrogen-bond acceptors (Lipinski definition) is 5. The number of carboxylic acid groups (broad SMARTS) is 1. The Morgan fingerprint density at radius 1 is 1.48 bits per heavy atom. The van der Waals surface area contributed by atoms with E-state index in [2.05, 4.69) is 11.9 Å². The van der Waals surface area contributed by atoms with Crippen LogP contribution in [0.3, 0.4) is 0 Å². The number of nitro groups is 1. The van der Waals surface area contributed by atoms with Crippen molar-refractivity contribution in [1.29, 1.82) is 0 Å². The van der Waals surface area contributed by atoms with Gasteiger partial charge in [-0.15, -0.1) is 0 Å². The first-order valence-electron chi connectivity index (χ1n) is 7.02. The molecule has 21 heavy (non-hydrogen) atoms. The molecule has 0 aliphatic heterocycles. The van der Waals surface area contributed by atoms with E-state index in [1.54, 1.807) is 0 Å². The number of hydrogen-bond donors (Lipinski definition) is 1. The fourth-order valence-electron chi connectivity index (χ4n) is 2.06. The summed E-state index contributed by atoms with van der Waals surface area (Å²) in [5.74, 6) is -0.990. The number of anilines is 1. The Hall–Kier alpha value is -2.18. The average molecular weight is 295 g/mol. The minimum Gasteiger partial charge on any atom is -0.478 e. The standard InChI is InChI=1S/C14H21N3O4/c1-4-5-6-7-16(10(2)3)13-12(17(20)21)8-11(9-15-13)14(18)19/h8-10H,4-7H2,1-3H3,(H,18,19). The van der Waals surface area contributed by atoms with E-state index in [0.29, 0.717) is 6.54 Å². The molecule has 0 amide bonds. The number of aromatic carboxylic acids is 1. The topological polar surface area (TPSA) is 96.6 Å². The monoisotopic (exact) mass is 295 g/mol. The summed E-state index contributed by atoms with van der Waals surface area (Å²) < 4.78 is 0. The molecule has 1 aromatic rings. The van der Waals surface area contributed by atoms with Gasteiger partial charge in [0.05, 0.1) is 10.5 Å². The number of unbranched alkanes of at least 4 members (excludes halogenated alkanes) is 2. The van der Waals surface area contributed by atoms with Crippen molar-refractivity contribution in [2.45, 2.75) is 46.1 Å². The van der Waals surface area contributed by atoms with Gasteiger partial charge in [-0.25, -0.2) is 9.78 Å². The van der Waals surface area contributed by atoms with Crippen LogP contribution in [0.5, 0.6) is 0 Å². The van der Waals surface area contributed by atoms with E-state index < -0.39 is 10.9 Å². The fraction of sp³-hybridized carbons (Fsp3) is 0.571. The van der Waals surface area contributed by atoms with Crippen LogP contribution in [-0.2, 0) is 0 Å². The van der Waals surface area contributed by atoms with Crippen molar-refractivity contribution in [1.82, 2.24) is 4.98 Å². The zero-order valence-electron chi connectivity index (χ0n) is 12.6. The van der Waals surface area contributed by atoms with Crippen molar-refractivity contribution in [2.75, 3.05) is 11.4 Å². The van der Waals surface area contributed by atoms with E-state index >= 15 is 0 Å². The lowest BCUT2D eigenvalue weighted by Crippen LogP contribution is -2.33. The van der Waals surface area contributed by atoms with Gasteiger partial charge in [-0.3, -0.25) is 10.1 Å². The van der Waals surface area contributed by atoms with E-state index in [1.165, 1.54) is 6.20 Å². The summed E-state index contributed by atoms with van der Waals surface area (Å²) in [7, 11) is 0. The molecule has 1 rings (SSSR count). The predicted molar refractivity (Wildman–Crippen MR) is 79.9 cm³/mol. The summed E-state index contributed by atoms with van der Waals surface area (Å²) in [6.07, 6.45) is 4.16. The first-order chi connectivity index (χ1) is 9.88. The maximum absolute atomic E-state index is 11.2. The van der Waals surface area contributed by atoms with Crippen molar-refractivity contribution in [2.24, 2.45) is 0 Å². The Labute approximate surface area is 123 Å². The minimum atomic E-state index is -1.22. The van der Waals surface area contributed by atoms with Crippen molar-refractivity contribution in [3.8, 4) is 0 Å². The number of carboxylic acids is 1. The van der Waals surface area contributed by atoms with Crippen molar-refractivity contribution in [3.63, 3.8) is 0 Å². The molecule has 0 fully saturated rings. The predicted octanol–water partition coefficient (Wildman–Crippen LogP) is 3.09. The first kappa shape index (κ1) is 16.9. The maximum atomic E-state index is 11.2. The third-order valence-corrected chi connectivity index (χ3v) is 3.19. The lowest BCUT2D eigenvalue weighted by Gasteiger charge is -2.27. The third-order valence-electron chi connectivity index (χ3n) is 3.19. The van der Waals surface area contributed by atoms with E-state index in [-0.39, 0.29) is 23.1 Å². The van der Waals surface area contributed by atoms with Gasteiger partial charge >= 0.3 is 11.7 Å². The highest BCUT2D eigenvalue weighted by atomic mass is 16.6. The normalized spacial score (nSPS) is 10.7. The zero-order chi connectivity index (χ0) is 16.0. The molecular formula is C14H21N3O4. The molecule has 0 unspecified atom stereocenters. The lowest BCUT2D eigenvalue weighted by molar-refractivity contribution is -0.384. The molecule has 0 aliphatic carbocycles. The highest BCUT2D eigenvalue weighted by Gasteiger charge is 2.24. The van der Waals surface area contributed by atoms with Crippen molar-refractivity contribution >= 4 is 17.5 Å². The van der Waals surface area contributed by atoms with Crippen molar-refractivity contribution < 1.29 is 14.8 Å². The van der Waals surface area contributed by atoms with Crippen LogP contribution in [0.1, 0.15) is 50.4 Å². The molecule has 0 radical (unpaired) electrons. The summed E-state index contributed by atoms with van der Waals surface area (Å²) in [5, 5.41) is 20.1. The number of pyridine rings is 1. The molecule has 1 heterocycles. The first-order valence-corrected chi connectivity index (χ1v) is 7.02. The van der Waals surface area contributed by atoms with Crippen LogP contribution in [-0.4, -0.2) is 33.6 Å². The summed E-state index contributed by atoms with van der Waals surface area (Å²) in [6, 6.07) is 1.11. The molecule has 0 aliphatic rings. The second kappa shape index (κ2) is 7.56. The van der Waals surface area contributed by atoms with Gasteiger partial charge in [0.25, 0.3) is 0 Å². The Morgan fingerprint density at radius 3 is 2.62 bits per heavy atom. The Kier molecular flexibility index (Phi) is 6.08. The van der Waals surface area contributed by atoms with E-state index in [9.17, 15) is 14.9 Å². The van der Waals surface area contributed by atoms with Crippen LogP contribution in [0.2, 0.25) is 0 Å². The molecule has 1 N–H and O–H groups in total. The number of rotatable bonds is 8. The SMILES string of the molecule is CCCCCN(c1ncc(C(=O)O)cc1[N+](=O)[O-])C(C)C. The number of nitrogens with zero attached hydrogens (tertiary/aromatic N) is 3. The number of aromatic nitrogens is 1. The zero-order valence-corrected chi connectivity index (χ0v) is 12.6. The molecule has 0 spiro atoms. The van der Waals surface area contributed by atoms with Gasteiger partial charge in [-0.2, -0.15) is 0 Å². The third kappa shape index (κ3) is 4.40. The number of carbonyl (C=O) groups is 1. The van der Waals surface area contributed by atoms with Crippen LogP contribution in [0.25, 0.3) is 0 Å². The van der Waals surface area contributed by atoms with E-state index in [4.69, 9.17) is 5.11 Å². The van der Waals surface area contributed by atoms with Gasteiger partial charge in [0.1, 0.15) is 0 Å². The van der Waals surface area contributed by atoms with Gasteiger partial charge in [0.2, 0.25) is 5.82 Å². The molecule has 7 nitrogen and oxygen atoms in total. The molecule has 116 valence electrons. The highest BCUT2D eigenvalue weighted by molar-refractivity contribution is 5.88. The van der Waals surface area contributed by atoms with Crippen LogP contribution in [0.15, 0.2) is 12.3 Å². The lowest BCUT2D eigenvalue weighted by atomic mass is 10.2. The van der Waals surface area contributed by atoms with E-state index in [1.807, 2.05) is 18.7 Å². The van der Waals surface area contributed by atoms with Gasteiger partial charge in [0, 0.05) is 24.8 Å². The minimum absolute atomic E-state index is 0.0451. The van der Waals surface area contributed by atoms with Crippen LogP contribution >= 0.6 is 0 Å². The summed E-state index contributed by atoms with van der Waals surface area (Å²) in [4.78, 5) is 27.4. The summed E-state index contributed by atoms with van der Waals surface area (Å²) in [6.45, 7) is 6.61. The summed E-state index contributed by atoms with van der Waals surface area (Å²) >= 11 is 0. The summed E-state index contributed by atoms with van der Waals surface area (Å²) in [5.41, 5.74) is -0.442. The molecule has 0 bridgehead atoms. The van der Waals surface area contributed by atoms with E-state index in [0.717, 1.165) is 25.3 Å². The molecule has 0 saturated heterocycles. The maximum Gasteiger partial charge on any atom is 0.337 e. The van der Waals surface area contributed by atoms with Crippen LogP contribution < -0.4 is 4.90 Å². The van der Waals surface area contributed by atoms with Gasteiger partial charge in [-0.1, -0.05) is 19.8 Å². The Morgan fingerprint density at radius 2 is 2.14 bits per heavy atom. The molecule has 7 heteroatoms. The van der Waals surface area contributed by atoms with Crippen molar-refractivity contribution in [3.05, 3.63) is 27.9 Å². The molecule has 1 aromatic heterocycles. The quantitative estimate of drug-likeness (QED) is 0.449. The van der Waals surface area contributed by atoms with Gasteiger partial charge in [-0.05, 0) is 20.3 Å². The highest BCUT2D eigenvalue weighted by Crippen LogP contribution is 2.28. The Bertz CT molecular complexity index is 517. The molecule has 0 saturated carbocycles. The molecular weight excluding hydrogens is 274 g/mol. The van der Waals surface area contributed by atoms with Crippen LogP contribution in [0, 0.1) is 10.1 Å². The average Bonchev–Trinajstić information content (AvgIpc) is 2.42. The smallest absolute Gasteiger partial charge is 0.337 e. The largest absolute Gasteiger partial charge is 0.478 e. The Balaban J connectivity index is 3.17. The van der Waals surface area contributed by atoms with Gasteiger partial charge in [0.15, 0.2) is 0 Å². The second-order valence-corrected chi connectivity index (χ2v) is 5.12. The van der Waals surface area contributed by atoms with Crippen LogP contribution in [0.4, 0.5) is 11.5 Å². The fourth-order valence-corrected chi connectivity index (χ4v) is 2.06. The molecule has 0 atom stereocenters. The van der Waals surface area contributed by atoms with Gasteiger partial charge < -0.3 is 10.0 Å².